The summed E-state index contributed by atoms with van der Waals surface area (Å²) in [5, 5.41) is 5.73. The predicted octanol–water partition coefficient (Wildman–Crippen LogP) is 1.66. The molecule has 1 aromatic carbocycles. The summed E-state index contributed by atoms with van der Waals surface area (Å²) in [6, 6.07) is 6.13. The van der Waals surface area contributed by atoms with E-state index in [4.69, 9.17) is 0 Å². The highest BCUT2D eigenvalue weighted by atomic mass is 32.2. The third kappa shape index (κ3) is 3.96. The number of sulfone groups is 1. The van der Waals surface area contributed by atoms with Crippen molar-refractivity contribution in [3.05, 3.63) is 24.3 Å². The van der Waals surface area contributed by atoms with Crippen LogP contribution in [-0.2, 0) is 14.6 Å². The SMILES string of the molecule is CCS(=O)(=O)c1ccc(NC(C(=O)NC)C(C)C)cc1. The van der Waals surface area contributed by atoms with Crippen molar-refractivity contribution in [3.8, 4) is 0 Å². The van der Waals surface area contributed by atoms with Crippen molar-refractivity contribution in [2.24, 2.45) is 5.92 Å². The number of benzene rings is 1. The molecule has 0 fully saturated rings. The van der Waals surface area contributed by atoms with Crippen LogP contribution in [0.4, 0.5) is 5.69 Å². The summed E-state index contributed by atoms with van der Waals surface area (Å²) in [5.74, 6) is 0.103. The zero-order chi connectivity index (χ0) is 15.3. The number of carbonyl (C=O) groups is 1. The maximum absolute atomic E-state index is 11.8. The third-order valence-electron chi connectivity index (χ3n) is 3.11. The second-order valence-electron chi connectivity index (χ2n) is 4.91. The maximum Gasteiger partial charge on any atom is 0.242 e. The number of hydrogen-bond acceptors (Lipinski definition) is 4. The highest BCUT2D eigenvalue weighted by molar-refractivity contribution is 7.91. The Hall–Kier alpha value is -1.56. The van der Waals surface area contributed by atoms with E-state index in [2.05, 4.69) is 10.6 Å². The van der Waals surface area contributed by atoms with E-state index in [1.165, 1.54) is 0 Å². The fraction of sp³-hybridized carbons (Fsp3) is 0.500. The summed E-state index contributed by atoms with van der Waals surface area (Å²) in [6.07, 6.45) is 0. The van der Waals surface area contributed by atoms with Crippen molar-refractivity contribution < 1.29 is 13.2 Å². The lowest BCUT2D eigenvalue weighted by Crippen LogP contribution is -2.41. The minimum atomic E-state index is -3.19. The summed E-state index contributed by atoms with van der Waals surface area (Å²) < 4.78 is 23.4. The van der Waals surface area contributed by atoms with Crippen LogP contribution in [-0.4, -0.2) is 33.2 Å². The Balaban J connectivity index is 2.91. The molecule has 1 unspecified atom stereocenters. The first-order chi connectivity index (χ1) is 9.31. The molecular weight excluding hydrogens is 276 g/mol. The molecule has 0 spiro atoms. The van der Waals surface area contributed by atoms with E-state index in [1.807, 2.05) is 13.8 Å². The van der Waals surface area contributed by atoms with E-state index in [1.54, 1.807) is 38.2 Å². The molecule has 6 heteroatoms. The average Bonchev–Trinajstić information content (AvgIpc) is 2.44. The van der Waals surface area contributed by atoms with E-state index in [0.29, 0.717) is 4.90 Å². The minimum Gasteiger partial charge on any atom is -0.373 e. The zero-order valence-corrected chi connectivity index (χ0v) is 13.1. The molecule has 5 nitrogen and oxygen atoms in total. The van der Waals surface area contributed by atoms with Crippen LogP contribution in [0.3, 0.4) is 0 Å². The lowest BCUT2D eigenvalue weighted by molar-refractivity contribution is -0.122. The monoisotopic (exact) mass is 298 g/mol. The highest BCUT2D eigenvalue weighted by Crippen LogP contribution is 2.17. The van der Waals surface area contributed by atoms with Gasteiger partial charge in [0.15, 0.2) is 9.84 Å². The van der Waals surface area contributed by atoms with Crippen molar-refractivity contribution >= 4 is 21.4 Å². The van der Waals surface area contributed by atoms with Crippen molar-refractivity contribution in [2.75, 3.05) is 18.1 Å². The second-order valence-corrected chi connectivity index (χ2v) is 7.19. The highest BCUT2D eigenvalue weighted by Gasteiger charge is 2.21. The van der Waals surface area contributed by atoms with Gasteiger partial charge in [-0.3, -0.25) is 4.79 Å². The van der Waals surface area contributed by atoms with E-state index < -0.39 is 9.84 Å². The van der Waals surface area contributed by atoms with Crippen LogP contribution < -0.4 is 10.6 Å². The molecule has 1 atom stereocenters. The van der Waals surface area contributed by atoms with Gasteiger partial charge in [0.25, 0.3) is 0 Å². The fourth-order valence-corrected chi connectivity index (χ4v) is 2.68. The number of likely N-dealkylation sites (N-methyl/N-ethyl adjacent to an activating group) is 1. The lowest BCUT2D eigenvalue weighted by Gasteiger charge is -2.22. The predicted molar refractivity (Wildman–Crippen MR) is 80.5 cm³/mol. The Labute approximate surface area is 120 Å². The van der Waals surface area contributed by atoms with Crippen LogP contribution in [0.5, 0.6) is 0 Å². The van der Waals surface area contributed by atoms with Crippen molar-refractivity contribution in [1.82, 2.24) is 5.32 Å². The number of nitrogens with one attached hydrogen (secondary N) is 2. The summed E-state index contributed by atoms with van der Waals surface area (Å²) in [7, 11) is -1.59. The van der Waals surface area contributed by atoms with Crippen molar-refractivity contribution in [3.63, 3.8) is 0 Å². The summed E-state index contributed by atoms with van der Waals surface area (Å²) >= 11 is 0. The fourth-order valence-electron chi connectivity index (χ4n) is 1.80. The Morgan fingerprint density at radius 1 is 1.20 bits per heavy atom. The molecule has 2 N–H and O–H groups in total. The van der Waals surface area contributed by atoms with E-state index in [0.717, 1.165) is 5.69 Å². The van der Waals surface area contributed by atoms with Crippen LogP contribution in [0.15, 0.2) is 29.2 Å². The number of amides is 1. The van der Waals surface area contributed by atoms with Gasteiger partial charge >= 0.3 is 0 Å². The van der Waals surface area contributed by atoms with Crippen LogP contribution >= 0.6 is 0 Å². The van der Waals surface area contributed by atoms with Crippen LogP contribution in [0.2, 0.25) is 0 Å². The van der Waals surface area contributed by atoms with Gasteiger partial charge in [-0.05, 0) is 30.2 Å². The summed E-state index contributed by atoms with van der Waals surface area (Å²) in [4.78, 5) is 12.1. The summed E-state index contributed by atoms with van der Waals surface area (Å²) in [5.41, 5.74) is 0.724. The van der Waals surface area contributed by atoms with Crippen molar-refractivity contribution in [2.45, 2.75) is 31.7 Å². The second kappa shape index (κ2) is 6.74. The smallest absolute Gasteiger partial charge is 0.242 e. The van der Waals surface area contributed by atoms with Gasteiger partial charge in [-0.25, -0.2) is 8.42 Å². The summed E-state index contributed by atoms with van der Waals surface area (Å²) in [6.45, 7) is 5.51. The first kappa shape index (κ1) is 16.5. The standard InChI is InChI=1S/C14H22N2O3S/c1-5-20(18,19)12-8-6-11(7-9-12)16-13(10(2)3)14(17)15-4/h6-10,13,16H,5H2,1-4H3,(H,15,17). The number of hydrogen-bond donors (Lipinski definition) is 2. The molecule has 0 saturated heterocycles. The lowest BCUT2D eigenvalue weighted by atomic mass is 10.0. The Morgan fingerprint density at radius 3 is 2.15 bits per heavy atom. The molecule has 112 valence electrons. The van der Waals surface area contributed by atoms with Gasteiger partial charge in [0, 0.05) is 12.7 Å². The maximum atomic E-state index is 11.8. The topological polar surface area (TPSA) is 75.3 Å². The molecule has 1 rings (SSSR count). The molecule has 0 radical (unpaired) electrons. The molecule has 20 heavy (non-hydrogen) atoms. The molecular formula is C14H22N2O3S. The molecule has 0 bridgehead atoms. The van der Waals surface area contributed by atoms with E-state index in [9.17, 15) is 13.2 Å². The number of rotatable bonds is 6. The van der Waals surface area contributed by atoms with Crippen LogP contribution in [0.25, 0.3) is 0 Å². The Kier molecular flexibility index (Phi) is 5.56. The quantitative estimate of drug-likeness (QED) is 0.837. The van der Waals surface area contributed by atoms with Gasteiger partial charge in [0.2, 0.25) is 5.91 Å². The molecule has 0 saturated carbocycles. The van der Waals surface area contributed by atoms with E-state index >= 15 is 0 Å². The van der Waals surface area contributed by atoms with Gasteiger partial charge in [-0.2, -0.15) is 0 Å². The van der Waals surface area contributed by atoms with Crippen LogP contribution in [0.1, 0.15) is 20.8 Å². The molecule has 0 aliphatic rings. The largest absolute Gasteiger partial charge is 0.373 e. The van der Waals surface area contributed by atoms with Crippen molar-refractivity contribution in [1.29, 1.82) is 0 Å². The Morgan fingerprint density at radius 2 is 1.75 bits per heavy atom. The first-order valence-electron chi connectivity index (χ1n) is 6.62. The first-order valence-corrected chi connectivity index (χ1v) is 8.28. The average molecular weight is 298 g/mol. The normalized spacial score (nSPS) is 13.1. The Bertz CT molecular complexity index is 550. The van der Waals surface area contributed by atoms with Gasteiger partial charge in [-0.15, -0.1) is 0 Å². The van der Waals surface area contributed by atoms with E-state index in [-0.39, 0.29) is 23.6 Å². The zero-order valence-electron chi connectivity index (χ0n) is 12.3. The number of carbonyl (C=O) groups excluding carboxylic acids is 1. The molecule has 0 aliphatic carbocycles. The molecule has 1 aromatic rings. The molecule has 0 heterocycles. The number of anilines is 1. The van der Waals surface area contributed by atoms with Crippen LogP contribution in [0, 0.1) is 5.92 Å². The molecule has 0 aromatic heterocycles. The molecule has 1 amide bonds. The molecule has 0 aliphatic heterocycles. The van der Waals surface area contributed by atoms with Gasteiger partial charge in [0.1, 0.15) is 6.04 Å². The van der Waals surface area contributed by atoms with Gasteiger partial charge in [0.05, 0.1) is 10.6 Å². The third-order valence-corrected chi connectivity index (χ3v) is 4.86. The van der Waals surface area contributed by atoms with Gasteiger partial charge in [-0.1, -0.05) is 20.8 Å². The minimum absolute atomic E-state index is 0.0760. The van der Waals surface area contributed by atoms with Gasteiger partial charge < -0.3 is 10.6 Å².